The molecule has 2 heterocycles. The number of carbonyl (C=O) groups is 2. The van der Waals surface area contributed by atoms with Gasteiger partial charge >= 0.3 is 5.97 Å². The Kier molecular flexibility index (Phi) is 8.33. The molecule has 1 aliphatic rings. The van der Waals surface area contributed by atoms with Gasteiger partial charge < -0.3 is 19.1 Å². The summed E-state index contributed by atoms with van der Waals surface area (Å²) >= 11 is 1.18. The third kappa shape index (κ3) is 6.04. The van der Waals surface area contributed by atoms with Gasteiger partial charge in [-0.25, -0.2) is 8.42 Å². The number of sulfonamides is 1. The van der Waals surface area contributed by atoms with Crippen molar-refractivity contribution in [3.63, 3.8) is 0 Å². The standard InChI is InChI=1S/C22H28N2O7S2/c1-29-18-11-16(12-19(13-18)30-2)14-23(15-20(25)31-3)22(26)17-6-8-24(9-7-17)33(27,28)21-5-4-10-32-21/h4-5,10-13,17H,6-9,14-15H2,1-3H3. The number of rotatable bonds is 9. The van der Waals surface area contributed by atoms with E-state index in [4.69, 9.17) is 14.2 Å². The van der Waals surface area contributed by atoms with E-state index in [1.807, 2.05) is 0 Å². The summed E-state index contributed by atoms with van der Waals surface area (Å²) in [5, 5.41) is 1.72. The van der Waals surface area contributed by atoms with Crippen LogP contribution in [0.4, 0.5) is 0 Å². The number of esters is 1. The molecule has 0 bridgehead atoms. The smallest absolute Gasteiger partial charge is 0.325 e. The molecule has 1 aromatic carbocycles. The highest BCUT2D eigenvalue weighted by molar-refractivity contribution is 7.91. The number of amides is 1. The van der Waals surface area contributed by atoms with Crippen molar-refractivity contribution in [2.45, 2.75) is 23.6 Å². The van der Waals surface area contributed by atoms with E-state index < -0.39 is 21.9 Å². The van der Waals surface area contributed by atoms with Gasteiger partial charge in [0.2, 0.25) is 5.91 Å². The molecule has 0 saturated carbocycles. The predicted molar refractivity (Wildman–Crippen MR) is 123 cm³/mol. The maximum Gasteiger partial charge on any atom is 0.325 e. The van der Waals surface area contributed by atoms with Gasteiger partial charge in [-0.1, -0.05) is 6.07 Å². The molecular weight excluding hydrogens is 468 g/mol. The Morgan fingerprint density at radius 2 is 1.73 bits per heavy atom. The van der Waals surface area contributed by atoms with Gasteiger partial charge in [0, 0.05) is 31.6 Å². The van der Waals surface area contributed by atoms with E-state index in [9.17, 15) is 18.0 Å². The zero-order chi connectivity index (χ0) is 24.0. The van der Waals surface area contributed by atoms with Crippen molar-refractivity contribution in [3.05, 3.63) is 41.3 Å². The molecule has 33 heavy (non-hydrogen) atoms. The topological polar surface area (TPSA) is 102 Å². The number of ether oxygens (including phenoxy) is 3. The molecule has 1 saturated heterocycles. The summed E-state index contributed by atoms with van der Waals surface area (Å²) in [6.45, 7) is 0.448. The number of thiophene rings is 1. The van der Waals surface area contributed by atoms with Crippen LogP contribution < -0.4 is 9.47 Å². The minimum absolute atomic E-state index is 0.162. The van der Waals surface area contributed by atoms with Gasteiger partial charge in [-0.15, -0.1) is 11.3 Å². The quantitative estimate of drug-likeness (QED) is 0.491. The fourth-order valence-corrected chi connectivity index (χ4v) is 6.36. The summed E-state index contributed by atoms with van der Waals surface area (Å²) in [6.07, 6.45) is 0.755. The molecule has 0 radical (unpaired) electrons. The van der Waals surface area contributed by atoms with E-state index >= 15 is 0 Å². The van der Waals surface area contributed by atoms with E-state index in [1.54, 1.807) is 35.7 Å². The van der Waals surface area contributed by atoms with Gasteiger partial charge in [0.05, 0.1) is 21.3 Å². The molecule has 0 atom stereocenters. The van der Waals surface area contributed by atoms with Crippen LogP contribution in [0.3, 0.4) is 0 Å². The summed E-state index contributed by atoms with van der Waals surface area (Å²) in [7, 11) is 0.793. The normalized spacial score (nSPS) is 15.1. The molecule has 1 amide bonds. The Morgan fingerprint density at radius 3 is 2.24 bits per heavy atom. The highest BCUT2D eigenvalue weighted by Crippen LogP contribution is 2.28. The summed E-state index contributed by atoms with van der Waals surface area (Å²) in [4.78, 5) is 26.8. The number of hydrogen-bond donors (Lipinski definition) is 0. The molecule has 9 nitrogen and oxygen atoms in total. The van der Waals surface area contributed by atoms with Crippen LogP contribution in [0.5, 0.6) is 11.5 Å². The van der Waals surface area contributed by atoms with Crippen molar-refractivity contribution >= 4 is 33.2 Å². The lowest BCUT2D eigenvalue weighted by molar-refractivity contribution is -0.149. The Hall–Kier alpha value is -2.63. The van der Waals surface area contributed by atoms with E-state index in [0.717, 1.165) is 5.56 Å². The first-order valence-electron chi connectivity index (χ1n) is 10.4. The number of nitrogens with zero attached hydrogens (tertiary/aromatic N) is 2. The van der Waals surface area contributed by atoms with Crippen LogP contribution in [0.25, 0.3) is 0 Å². The van der Waals surface area contributed by atoms with Crippen LogP contribution in [-0.4, -0.2) is 70.5 Å². The summed E-state index contributed by atoms with van der Waals surface area (Å²) in [5.74, 6) is 0.00652. The molecule has 0 aliphatic carbocycles. The third-order valence-electron chi connectivity index (χ3n) is 5.54. The Balaban J connectivity index is 1.73. The minimum atomic E-state index is -3.55. The van der Waals surface area contributed by atoms with Crippen LogP contribution in [0.1, 0.15) is 18.4 Å². The Bertz CT molecular complexity index is 1040. The lowest BCUT2D eigenvalue weighted by Gasteiger charge is -2.33. The fraction of sp³-hybridized carbons (Fsp3) is 0.455. The molecule has 11 heteroatoms. The molecule has 0 spiro atoms. The van der Waals surface area contributed by atoms with Crippen molar-refractivity contribution in [3.8, 4) is 11.5 Å². The Morgan fingerprint density at radius 1 is 1.09 bits per heavy atom. The fourth-order valence-electron chi connectivity index (χ4n) is 3.75. The first-order chi connectivity index (χ1) is 15.8. The molecule has 0 N–H and O–H groups in total. The van der Waals surface area contributed by atoms with Crippen molar-refractivity contribution in [1.82, 2.24) is 9.21 Å². The largest absolute Gasteiger partial charge is 0.497 e. The van der Waals surface area contributed by atoms with Crippen LogP contribution in [-0.2, 0) is 30.9 Å². The van der Waals surface area contributed by atoms with Gasteiger partial charge in [0.15, 0.2) is 0 Å². The van der Waals surface area contributed by atoms with Crippen molar-refractivity contribution < 1.29 is 32.2 Å². The SMILES string of the molecule is COC(=O)CN(Cc1cc(OC)cc(OC)c1)C(=O)C1CCN(S(=O)(=O)c2cccs2)CC1. The minimum Gasteiger partial charge on any atom is -0.497 e. The van der Waals surface area contributed by atoms with E-state index in [1.165, 1.54) is 41.9 Å². The number of hydrogen-bond acceptors (Lipinski definition) is 8. The lowest BCUT2D eigenvalue weighted by atomic mass is 9.96. The average molecular weight is 497 g/mol. The first-order valence-corrected chi connectivity index (χ1v) is 12.7. The van der Waals surface area contributed by atoms with Crippen molar-refractivity contribution in [2.24, 2.45) is 5.92 Å². The number of piperidine rings is 1. The second-order valence-corrected chi connectivity index (χ2v) is 10.7. The van der Waals surface area contributed by atoms with Crippen LogP contribution in [0, 0.1) is 5.92 Å². The zero-order valence-electron chi connectivity index (χ0n) is 18.9. The molecule has 1 fully saturated rings. The van der Waals surface area contributed by atoms with Crippen LogP contribution >= 0.6 is 11.3 Å². The summed E-state index contributed by atoms with van der Waals surface area (Å²) in [5.41, 5.74) is 0.737. The third-order valence-corrected chi connectivity index (χ3v) is 8.81. The van der Waals surface area contributed by atoms with E-state index in [2.05, 4.69) is 0 Å². The molecule has 0 unspecified atom stereocenters. The summed E-state index contributed by atoms with van der Waals surface area (Å²) < 4.78 is 42.6. The number of carbonyl (C=O) groups excluding carboxylic acids is 2. The van der Waals surface area contributed by atoms with Gasteiger partial charge in [-0.2, -0.15) is 4.31 Å². The van der Waals surface area contributed by atoms with Crippen LogP contribution in [0.15, 0.2) is 39.9 Å². The zero-order valence-corrected chi connectivity index (χ0v) is 20.5. The van der Waals surface area contributed by atoms with Crippen molar-refractivity contribution in [2.75, 3.05) is 41.0 Å². The average Bonchev–Trinajstić information content (AvgIpc) is 3.39. The molecule has 2 aromatic rings. The van der Waals surface area contributed by atoms with E-state index in [0.29, 0.717) is 28.5 Å². The maximum atomic E-state index is 13.3. The van der Waals surface area contributed by atoms with Gasteiger partial charge in [0.1, 0.15) is 22.3 Å². The number of methoxy groups -OCH3 is 3. The predicted octanol–water partition coefficient (Wildman–Crippen LogP) is 2.37. The van der Waals surface area contributed by atoms with Gasteiger partial charge in [0.25, 0.3) is 10.0 Å². The molecule has 1 aromatic heterocycles. The van der Waals surface area contributed by atoms with Gasteiger partial charge in [-0.05, 0) is 42.0 Å². The van der Waals surface area contributed by atoms with Crippen molar-refractivity contribution in [1.29, 1.82) is 0 Å². The first kappa shape index (κ1) is 25.0. The monoisotopic (exact) mass is 496 g/mol. The maximum absolute atomic E-state index is 13.3. The molecular formula is C22H28N2O7S2. The highest BCUT2D eigenvalue weighted by Gasteiger charge is 2.34. The molecule has 1 aliphatic heterocycles. The summed E-state index contributed by atoms with van der Waals surface area (Å²) in [6, 6.07) is 8.55. The second kappa shape index (κ2) is 11.0. The second-order valence-electron chi connectivity index (χ2n) is 7.60. The lowest BCUT2D eigenvalue weighted by Crippen LogP contribution is -2.45. The van der Waals surface area contributed by atoms with Crippen LogP contribution in [0.2, 0.25) is 0 Å². The molecule has 180 valence electrons. The Labute approximate surface area is 197 Å². The number of benzene rings is 1. The van der Waals surface area contributed by atoms with Gasteiger partial charge in [-0.3, -0.25) is 9.59 Å². The van der Waals surface area contributed by atoms with E-state index in [-0.39, 0.29) is 32.1 Å². The molecule has 3 rings (SSSR count). The highest BCUT2D eigenvalue weighted by atomic mass is 32.2.